The van der Waals surface area contributed by atoms with Gasteiger partial charge in [-0.25, -0.2) is 9.59 Å². The summed E-state index contributed by atoms with van der Waals surface area (Å²) in [6.07, 6.45) is 1.33. The van der Waals surface area contributed by atoms with Gasteiger partial charge in [0.2, 0.25) is 0 Å². The molecule has 0 saturated carbocycles. The number of carbonyl (C=O) groups is 2. The Balaban J connectivity index is 1.91. The largest absolute Gasteiger partial charge is 0.419 e. The molecule has 0 unspecified atom stereocenters. The lowest BCUT2D eigenvalue weighted by molar-refractivity contribution is -0.222. The van der Waals surface area contributed by atoms with Gasteiger partial charge >= 0.3 is 11.9 Å². The van der Waals surface area contributed by atoms with E-state index >= 15 is 0 Å². The third-order valence-corrected chi connectivity index (χ3v) is 3.85. The molecule has 5 nitrogen and oxygen atoms in total. The van der Waals surface area contributed by atoms with Crippen molar-refractivity contribution in [1.29, 1.82) is 0 Å². The number of para-hydroxylation sites is 1. The fourth-order valence-electron chi connectivity index (χ4n) is 2.65. The number of carbonyl (C=O) groups excluding carboxylic acids is 2. The van der Waals surface area contributed by atoms with Crippen LogP contribution < -0.4 is 5.32 Å². The van der Waals surface area contributed by atoms with Gasteiger partial charge in [-0.1, -0.05) is 42.5 Å². The van der Waals surface area contributed by atoms with E-state index in [2.05, 4.69) is 5.32 Å². The zero-order chi connectivity index (χ0) is 18.0. The molecule has 1 fully saturated rings. The van der Waals surface area contributed by atoms with Crippen LogP contribution in [0.15, 0.2) is 60.3 Å². The molecule has 0 bridgehead atoms. The summed E-state index contributed by atoms with van der Waals surface area (Å²) in [5.41, 5.74) is 3.77. The molecule has 0 amide bonds. The summed E-state index contributed by atoms with van der Waals surface area (Å²) in [6.45, 7) is 5.06. The number of aryl methyl sites for hydroxylation is 1. The second-order valence-electron chi connectivity index (χ2n) is 6.24. The lowest BCUT2D eigenvalue weighted by Crippen LogP contribution is -2.42. The van der Waals surface area contributed by atoms with Gasteiger partial charge in [0.1, 0.15) is 0 Å². The molecule has 2 aromatic rings. The third kappa shape index (κ3) is 3.55. The number of nitrogens with one attached hydrogen (secondary N) is 1. The van der Waals surface area contributed by atoms with Crippen molar-refractivity contribution in [1.82, 2.24) is 0 Å². The molecule has 1 heterocycles. The topological polar surface area (TPSA) is 64.6 Å². The van der Waals surface area contributed by atoms with Crippen LogP contribution >= 0.6 is 0 Å². The van der Waals surface area contributed by atoms with Crippen LogP contribution in [0, 0.1) is 6.92 Å². The molecule has 0 aromatic heterocycles. The summed E-state index contributed by atoms with van der Waals surface area (Å²) in [5.74, 6) is -2.66. The van der Waals surface area contributed by atoms with Gasteiger partial charge in [0, 0.05) is 31.3 Å². The Morgan fingerprint density at radius 3 is 2.08 bits per heavy atom. The summed E-state index contributed by atoms with van der Waals surface area (Å²) in [4.78, 5) is 24.0. The third-order valence-electron chi connectivity index (χ3n) is 3.85. The molecule has 1 saturated heterocycles. The van der Waals surface area contributed by atoms with E-state index in [1.54, 1.807) is 0 Å². The van der Waals surface area contributed by atoms with Crippen LogP contribution in [0.3, 0.4) is 0 Å². The van der Waals surface area contributed by atoms with E-state index in [0.717, 1.165) is 22.4 Å². The van der Waals surface area contributed by atoms with Crippen LogP contribution in [0.4, 0.5) is 5.69 Å². The van der Waals surface area contributed by atoms with Crippen LogP contribution in [0.1, 0.15) is 19.4 Å². The molecule has 0 aliphatic carbocycles. The molecule has 0 atom stereocenters. The highest BCUT2D eigenvalue weighted by atomic mass is 16.7. The molecule has 1 N–H and O–H groups in total. The summed E-state index contributed by atoms with van der Waals surface area (Å²) in [5, 5.41) is 3.03. The van der Waals surface area contributed by atoms with Crippen molar-refractivity contribution >= 4 is 17.6 Å². The minimum atomic E-state index is -1.25. The van der Waals surface area contributed by atoms with Crippen molar-refractivity contribution in [2.24, 2.45) is 0 Å². The van der Waals surface area contributed by atoms with Crippen LogP contribution in [-0.4, -0.2) is 17.7 Å². The molecule has 2 aromatic carbocycles. The maximum absolute atomic E-state index is 12.0. The Kier molecular flexibility index (Phi) is 4.31. The first-order valence-electron chi connectivity index (χ1n) is 7.96. The van der Waals surface area contributed by atoms with E-state index in [4.69, 9.17) is 9.47 Å². The molecule has 128 valence electrons. The molecule has 0 spiro atoms. The lowest BCUT2D eigenvalue weighted by Gasteiger charge is -2.29. The summed E-state index contributed by atoms with van der Waals surface area (Å²) < 4.78 is 10.2. The maximum atomic E-state index is 12.0. The zero-order valence-corrected chi connectivity index (χ0v) is 14.3. The van der Waals surface area contributed by atoms with E-state index in [-0.39, 0.29) is 5.57 Å². The number of rotatable bonds is 3. The highest BCUT2D eigenvalue weighted by molar-refractivity contribution is 6.15. The Morgan fingerprint density at radius 1 is 0.880 bits per heavy atom. The lowest BCUT2D eigenvalue weighted by atomic mass is 9.99. The molecule has 25 heavy (non-hydrogen) atoms. The quantitative estimate of drug-likeness (QED) is 0.524. The van der Waals surface area contributed by atoms with Crippen LogP contribution in [-0.2, 0) is 19.1 Å². The zero-order valence-electron chi connectivity index (χ0n) is 14.3. The highest BCUT2D eigenvalue weighted by Crippen LogP contribution is 2.31. The Hall–Kier alpha value is -3.08. The molecular weight excluding hydrogens is 318 g/mol. The summed E-state index contributed by atoms with van der Waals surface area (Å²) in [6, 6.07) is 15.7. The first-order valence-corrected chi connectivity index (χ1v) is 7.96. The van der Waals surface area contributed by atoms with Crippen LogP contribution in [0.5, 0.6) is 0 Å². The number of esters is 2. The maximum Gasteiger partial charge on any atom is 0.350 e. The highest BCUT2D eigenvalue weighted by Gasteiger charge is 2.38. The summed E-state index contributed by atoms with van der Waals surface area (Å²) >= 11 is 0. The molecule has 1 aliphatic rings. The van der Waals surface area contributed by atoms with Gasteiger partial charge in [0.25, 0.3) is 5.79 Å². The molecule has 5 heteroatoms. The number of ether oxygens (including phenoxy) is 2. The second-order valence-corrected chi connectivity index (χ2v) is 6.24. The van der Waals surface area contributed by atoms with E-state index in [0.29, 0.717) is 0 Å². The fourth-order valence-corrected chi connectivity index (χ4v) is 2.65. The summed E-state index contributed by atoms with van der Waals surface area (Å²) in [7, 11) is 0. The van der Waals surface area contributed by atoms with Crippen molar-refractivity contribution in [3.63, 3.8) is 0 Å². The van der Waals surface area contributed by atoms with E-state index < -0.39 is 17.7 Å². The second kappa shape index (κ2) is 6.43. The number of benzene rings is 2. The van der Waals surface area contributed by atoms with E-state index in [1.165, 1.54) is 20.0 Å². The van der Waals surface area contributed by atoms with Crippen molar-refractivity contribution in [3.8, 4) is 11.1 Å². The van der Waals surface area contributed by atoms with E-state index in [1.807, 2.05) is 55.5 Å². The Bertz CT molecular complexity index is 846. The fraction of sp³-hybridized carbons (Fsp3) is 0.200. The average molecular weight is 337 g/mol. The van der Waals surface area contributed by atoms with Crippen molar-refractivity contribution < 1.29 is 19.1 Å². The van der Waals surface area contributed by atoms with E-state index in [9.17, 15) is 9.59 Å². The Morgan fingerprint density at radius 2 is 1.44 bits per heavy atom. The van der Waals surface area contributed by atoms with Crippen molar-refractivity contribution in [3.05, 3.63) is 65.9 Å². The first kappa shape index (κ1) is 16.8. The normalized spacial score (nSPS) is 16.0. The number of hydrogen-bond donors (Lipinski definition) is 1. The van der Waals surface area contributed by atoms with Crippen molar-refractivity contribution in [2.75, 3.05) is 5.32 Å². The SMILES string of the molecule is Cc1ccccc1-c1ccccc1NC=C1C(=O)OC(C)(C)OC1=O. The van der Waals surface area contributed by atoms with Crippen molar-refractivity contribution in [2.45, 2.75) is 26.6 Å². The standard InChI is InChI=1S/C20H19NO4/c1-13-8-4-5-9-14(13)15-10-6-7-11-17(15)21-12-16-18(22)24-20(2,3)25-19(16)23/h4-12,21H,1-3H3. The average Bonchev–Trinajstić information content (AvgIpc) is 2.54. The van der Waals surface area contributed by atoms with Gasteiger partial charge in [0.15, 0.2) is 5.57 Å². The minimum Gasteiger partial charge on any atom is -0.419 e. The predicted octanol–water partition coefficient (Wildman–Crippen LogP) is 3.79. The van der Waals surface area contributed by atoms with Crippen LogP contribution in [0.2, 0.25) is 0 Å². The van der Waals surface area contributed by atoms with Gasteiger partial charge in [-0.15, -0.1) is 0 Å². The molecule has 0 radical (unpaired) electrons. The van der Waals surface area contributed by atoms with Gasteiger partial charge in [-0.05, 0) is 24.1 Å². The van der Waals surface area contributed by atoms with Gasteiger partial charge in [-0.3, -0.25) is 0 Å². The number of anilines is 1. The van der Waals surface area contributed by atoms with Gasteiger partial charge in [-0.2, -0.15) is 0 Å². The smallest absolute Gasteiger partial charge is 0.350 e. The van der Waals surface area contributed by atoms with Gasteiger partial charge in [0.05, 0.1) is 0 Å². The number of cyclic esters (lactones) is 2. The van der Waals surface area contributed by atoms with Crippen LogP contribution in [0.25, 0.3) is 11.1 Å². The monoisotopic (exact) mass is 337 g/mol. The minimum absolute atomic E-state index is 0.168. The predicted molar refractivity (Wildman–Crippen MR) is 94.6 cm³/mol. The van der Waals surface area contributed by atoms with Gasteiger partial charge < -0.3 is 14.8 Å². The first-order chi connectivity index (χ1) is 11.9. The molecule has 3 rings (SSSR count). The number of hydrogen-bond acceptors (Lipinski definition) is 5. The molecular formula is C20H19NO4. The Labute approximate surface area is 146 Å². The molecule has 1 aliphatic heterocycles.